The number of nitrogens with zero attached hydrogens (tertiary/aromatic N) is 1. The van der Waals surface area contributed by atoms with Gasteiger partial charge < -0.3 is 10.6 Å². The molecule has 8 heteroatoms. The molecule has 0 aromatic heterocycles. The van der Waals surface area contributed by atoms with Crippen LogP contribution in [0.2, 0.25) is 0 Å². The topological polar surface area (TPSA) is 78.5 Å². The van der Waals surface area contributed by atoms with E-state index in [1.165, 1.54) is 0 Å². The zero-order valence-electron chi connectivity index (χ0n) is 13.5. The van der Waals surface area contributed by atoms with Crippen molar-refractivity contribution < 1.29 is 14.4 Å². The molecule has 0 spiro atoms. The highest BCUT2D eigenvalue weighted by molar-refractivity contribution is 8.15. The predicted octanol–water partition coefficient (Wildman–Crippen LogP) is 3.16. The number of carbonyl (C=O) groups is 3. The van der Waals surface area contributed by atoms with Gasteiger partial charge in [0.05, 0.1) is 5.69 Å². The second-order valence-corrected chi connectivity index (χ2v) is 7.02. The summed E-state index contributed by atoms with van der Waals surface area (Å²) in [6.45, 7) is 0. The average Bonchev–Trinajstić information content (AvgIpc) is 2.89. The zero-order chi connectivity index (χ0) is 18.5. The van der Waals surface area contributed by atoms with Crippen molar-refractivity contribution in [2.75, 3.05) is 10.2 Å². The molecule has 3 amide bonds. The summed E-state index contributed by atoms with van der Waals surface area (Å²) < 4.78 is 0. The van der Waals surface area contributed by atoms with E-state index in [0.29, 0.717) is 5.69 Å². The van der Waals surface area contributed by atoms with Crippen molar-refractivity contribution in [2.24, 2.45) is 0 Å². The van der Waals surface area contributed by atoms with Crippen molar-refractivity contribution in [2.45, 2.75) is 11.7 Å². The number of imide groups is 1. The molecule has 6 nitrogen and oxygen atoms in total. The van der Waals surface area contributed by atoms with Crippen molar-refractivity contribution in [3.05, 3.63) is 60.7 Å². The summed E-state index contributed by atoms with van der Waals surface area (Å²) in [6.07, 6.45) is -0.130. The van der Waals surface area contributed by atoms with Gasteiger partial charge in [-0.05, 0) is 48.2 Å². The molecule has 0 aliphatic carbocycles. The number of thioether (sulfide) groups is 1. The first-order chi connectivity index (χ1) is 12.5. The quantitative estimate of drug-likeness (QED) is 0.787. The van der Waals surface area contributed by atoms with Gasteiger partial charge in [0.25, 0.3) is 5.24 Å². The van der Waals surface area contributed by atoms with Crippen LogP contribution in [-0.2, 0) is 9.59 Å². The van der Waals surface area contributed by atoms with E-state index >= 15 is 0 Å². The molecule has 0 radical (unpaired) electrons. The molecule has 1 aliphatic heterocycles. The zero-order valence-corrected chi connectivity index (χ0v) is 15.2. The van der Waals surface area contributed by atoms with Crippen LogP contribution in [0.15, 0.2) is 60.7 Å². The molecule has 1 atom stereocenters. The van der Waals surface area contributed by atoms with E-state index in [9.17, 15) is 14.4 Å². The minimum Gasteiger partial charge on any atom is -0.332 e. The van der Waals surface area contributed by atoms with Gasteiger partial charge in [-0.3, -0.25) is 14.4 Å². The van der Waals surface area contributed by atoms with Crippen molar-refractivity contribution >= 4 is 57.5 Å². The highest BCUT2D eigenvalue weighted by atomic mass is 32.2. The van der Waals surface area contributed by atoms with Gasteiger partial charge in [-0.25, -0.2) is 4.90 Å². The number of rotatable bonds is 4. The Hall–Kier alpha value is -2.71. The van der Waals surface area contributed by atoms with E-state index in [1.54, 1.807) is 30.3 Å². The summed E-state index contributed by atoms with van der Waals surface area (Å²) in [5.41, 5.74) is 1.24. The predicted molar refractivity (Wildman–Crippen MR) is 106 cm³/mol. The monoisotopic (exact) mass is 385 g/mol. The lowest BCUT2D eigenvalue weighted by Gasteiger charge is -2.14. The molecule has 0 bridgehead atoms. The molecule has 132 valence electrons. The maximum Gasteiger partial charge on any atom is 0.293 e. The molecule has 2 aromatic rings. The standard InChI is InChI=1S/C18H15N3O3S2/c22-15(20-17(25)19-12-7-3-1-4-8-12)11-14-16(23)21(18(24)26-14)13-9-5-2-6-10-13/h1-10,14H,11H2,(H2,19,20,22,25)/t14-/m0/s1. The molecule has 1 saturated heterocycles. The van der Waals surface area contributed by atoms with Gasteiger partial charge in [0, 0.05) is 12.1 Å². The van der Waals surface area contributed by atoms with Crippen LogP contribution in [0.1, 0.15) is 6.42 Å². The molecule has 3 rings (SSSR count). The molecule has 1 heterocycles. The molecule has 2 aromatic carbocycles. The fourth-order valence-electron chi connectivity index (χ4n) is 2.43. The lowest BCUT2D eigenvalue weighted by atomic mass is 10.2. The van der Waals surface area contributed by atoms with Crippen LogP contribution in [0, 0.1) is 0 Å². The highest BCUT2D eigenvalue weighted by Crippen LogP contribution is 2.33. The van der Waals surface area contributed by atoms with Gasteiger partial charge in [-0.1, -0.05) is 36.4 Å². The van der Waals surface area contributed by atoms with Crippen molar-refractivity contribution in [1.29, 1.82) is 0 Å². The van der Waals surface area contributed by atoms with Gasteiger partial charge in [0.1, 0.15) is 5.25 Å². The molecule has 2 N–H and O–H groups in total. The maximum atomic E-state index is 12.5. The Kier molecular flexibility index (Phi) is 5.65. The third-order valence-electron chi connectivity index (χ3n) is 3.59. The van der Waals surface area contributed by atoms with Crippen LogP contribution in [-0.4, -0.2) is 27.4 Å². The normalized spacial score (nSPS) is 16.5. The Balaban J connectivity index is 1.57. The van der Waals surface area contributed by atoms with Crippen LogP contribution in [0.3, 0.4) is 0 Å². The summed E-state index contributed by atoms with van der Waals surface area (Å²) in [6, 6.07) is 17.8. The first-order valence-corrected chi connectivity index (χ1v) is 9.09. The number of benzene rings is 2. The number of hydrogen-bond acceptors (Lipinski definition) is 5. The van der Waals surface area contributed by atoms with E-state index < -0.39 is 17.1 Å². The van der Waals surface area contributed by atoms with Crippen LogP contribution < -0.4 is 15.5 Å². The van der Waals surface area contributed by atoms with Crippen LogP contribution >= 0.6 is 24.0 Å². The van der Waals surface area contributed by atoms with E-state index in [-0.39, 0.29) is 16.8 Å². The van der Waals surface area contributed by atoms with Gasteiger partial charge >= 0.3 is 0 Å². The van der Waals surface area contributed by atoms with Gasteiger partial charge in [-0.15, -0.1) is 0 Å². The molecule has 0 unspecified atom stereocenters. The number of nitrogens with one attached hydrogen (secondary N) is 2. The Labute approximate surface area is 159 Å². The molecule has 1 aliphatic rings. The van der Waals surface area contributed by atoms with E-state index in [2.05, 4.69) is 10.6 Å². The van der Waals surface area contributed by atoms with Crippen LogP contribution in [0.25, 0.3) is 0 Å². The number of thiocarbonyl (C=S) groups is 1. The lowest BCUT2D eigenvalue weighted by molar-refractivity contribution is -0.123. The number of anilines is 2. The number of amides is 3. The molecular formula is C18H15N3O3S2. The summed E-state index contributed by atoms with van der Waals surface area (Å²) in [7, 11) is 0. The van der Waals surface area contributed by atoms with Crippen LogP contribution in [0.5, 0.6) is 0 Å². The smallest absolute Gasteiger partial charge is 0.293 e. The second kappa shape index (κ2) is 8.11. The minimum absolute atomic E-state index is 0.130. The summed E-state index contributed by atoms with van der Waals surface area (Å²) in [5, 5.41) is 4.41. The summed E-state index contributed by atoms with van der Waals surface area (Å²) in [5.74, 6) is -0.824. The number of carbonyl (C=O) groups excluding carboxylic acids is 3. The Morgan fingerprint density at radius 3 is 2.31 bits per heavy atom. The van der Waals surface area contributed by atoms with Crippen molar-refractivity contribution in [3.63, 3.8) is 0 Å². The molecule has 0 saturated carbocycles. The molecular weight excluding hydrogens is 370 g/mol. The molecule has 26 heavy (non-hydrogen) atoms. The highest BCUT2D eigenvalue weighted by Gasteiger charge is 2.41. The second-order valence-electron chi connectivity index (χ2n) is 5.45. The van der Waals surface area contributed by atoms with E-state index in [4.69, 9.17) is 12.2 Å². The lowest BCUT2D eigenvalue weighted by Crippen LogP contribution is -2.38. The largest absolute Gasteiger partial charge is 0.332 e. The van der Waals surface area contributed by atoms with E-state index in [0.717, 1.165) is 22.3 Å². The fraction of sp³-hybridized carbons (Fsp3) is 0.111. The molecule has 1 fully saturated rings. The number of hydrogen-bond donors (Lipinski definition) is 2. The number of para-hydroxylation sites is 2. The Morgan fingerprint density at radius 1 is 1.04 bits per heavy atom. The summed E-state index contributed by atoms with van der Waals surface area (Å²) in [4.78, 5) is 37.9. The van der Waals surface area contributed by atoms with Gasteiger partial charge in [0.2, 0.25) is 11.8 Å². The van der Waals surface area contributed by atoms with Crippen LogP contribution in [0.4, 0.5) is 16.2 Å². The first-order valence-electron chi connectivity index (χ1n) is 7.80. The summed E-state index contributed by atoms with van der Waals surface area (Å²) >= 11 is 5.94. The van der Waals surface area contributed by atoms with E-state index in [1.807, 2.05) is 30.3 Å². The van der Waals surface area contributed by atoms with Crippen molar-refractivity contribution in [3.8, 4) is 0 Å². The average molecular weight is 385 g/mol. The maximum absolute atomic E-state index is 12.5. The third kappa shape index (κ3) is 4.27. The fourth-order valence-corrected chi connectivity index (χ4v) is 3.64. The third-order valence-corrected chi connectivity index (χ3v) is 4.83. The van der Waals surface area contributed by atoms with Crippen molar-refractivity contribution in [1.82, 2.24) is 5.32 Å². The van der Waals surface area contributed by atoms with Gasteiger partial charge in [-0.2, -0.15) is 0 Å². The first kappa shape index (κ1) is 18.1. The SMILES string of the molecule is O=C(C[C@@H]1SC(=O)N(c2ccccc2)C1=O)NC(=S)Nc1ccccc1. The van der Waals surface area contributed by atoms with Gasteiger partial charge in [0.15, 0.2) is 5.11 Å². The Morgan fingerprint density at radius 2 is 1.65 bits per heavy atom. The minimum atomic E-state index is -0.762. The Bertz CT molecular complexity index is 843.